The Morgan fingerprint density at radius 1 is 0.889 bits per heavy atom. The van der Waals surface area contributed by atoms with Crippen LogP contribution < -0.4 is 0 Å². The van der Waals surface area contributed by atoms with Crippen molar-refractivity contribution in [3.63, 3.8) is 0 Å². The standard InChI is InChI=1S/3C4H9.C2H2N3.Sn/c3*1-3-4-2;1-3-2-5-4-1;/h3*1,3-4H2,2H3;1-2H;/q;;;-1;+1. The van der Waals surface area contributed by atoms with Crippen LogP contribution >= 0.6 is 0 Å². The molecule has 1 aromatic rings. The van der Waals surface area contributed by atoms with E-state index in [1.807, 2.05) is 6.33 Å². The number of unbranched alkanes of at least 4 members (excludes halogenated alkanes) is 3. The van der Waals surface area contributed by atoms with Crippen LogP contribution in [0, 0.1) is 0 Å². The third-order valence-corrected chi connectivity index (χ3v) is 18.3. The Morgan fingerprint density at radius 2 is 1.39 bits per heavy atom. The fourth-order valence-electron chi connectivity index (χ4n) is 2.69. The average molecular weight is 358 g/mol. The summed E-state index contributed by atoms with van der Waals surface area (Å²) in [5, 5.41) is 4.55. The second kappa shape index (κ2) is 8.94. The Kier molecular flexibility index (Phi) is 7.94. The Bertz CT molecular complexity index is 276. The monoisotopic (exact) mass is 359 g/mol. The maximum atomic E-state index is 4.55. The molecule has 104 valence electrons. The topological polar surface area (TPSA) is 30.7 Å². The van der Waals surface area contributed by atoms with Crippen molar-refractivity contribution in [2.24, 2.45) is 0 Å². The fraction of sp³-hybridized carbons (Fsp3) is 0.857. The van der Waals surface area contributed by atoms with Crippen molar-refractivity contribution in [1.29, 1.82) is 0 Å². The van der Waals surface area contributed by atoms with Gasteiger partial charge in [0.2, 0.25) is 0 Å². The third kappa shape index (κ3) is 4.56. The van der Waals surface area contributed by atoms with E-state index in [0.717, 1.165) is 0 Å². The van der Waals surface area contributed by atoms with Crippen molar-refractivity contribution in [1.82, 2.24) is 13.0 Å². The first-order valence-electron chi connectivity index (χ1n) is 7.64. The van der Waals surface area contributed by atoms with E-state index in [2.05, 4.69) is 33.8 Å². The second-order valence-corrected chi connectivity index (χ2v) is 18.0. The van der Waals surface area contributed by atoms with Gasteiger partial charge in [0, 0.05) is 0 Å². The van der Waals surface area contributed by atoms with Gasteiger partial charge in [-0.2, -0.15) is 0 Å². The SMILES string of the molecule is CCC[CH2][Sn]([CH2]CCC)([CH2]CCC)[n]1cncn1. The summed E-state index contributed by atoms with van der Waals surface area (Å²) in [4.78, 5) is 4.22. The quantitative estimate of drug-likeness (QED) is 0.578. The van der Waals surface area contributed by atoms with Crippen molar-refractivity contribution < 1.29 is 0 Å². The number of nitrogens with zero attached hydrogens (tertiary/aromatic N) is 3. The van der Waals surface area contributed by atoms with Gasteiger partial charge in [-0.15, -0.1) is 0 Å². The molecule has 1 aromatic heterocycles. The minimum absolute atomic E-state index is 1.31. The molecule has 0 N–H and O–H groups in total. The van der Waals surface area contributed by atoms with E-state index in [1.54, 1.807) is 6.33 Å². The zero-order valence-corrected chi connectivity index (χ0v) is 15.2. The van der Waals surface area contributed by atoms with E-state index < -0.39 is 18.7 Å². The van der Waals surface area contributed by atoms with Crippen LogP contribution in [0.1, 0.15) is 59.3 Å². The molecule has 1 heterocycles. The molecular formula is C14H29N3Sn. The van der Waals surface area contributed by atoms with Crippen LogP contribution in [0.5, 0.6) is 0 Å². The van der Waals surface area contributed by atoms with Gasteiger partial charge in [-0.05, 0) is 0 Å². The number of aromatic nitrogens is 3. The van der Waals surface area contributed by atoms with E-state index in [-0.39, 0.29) is 0 Å². The molecule has 1 rings (SSSR count). The molecule has 0 aromatic carbocycles. The molecule has 3 nitrogen and oxygen atoms in total. The van der Waals surface area contributed by atoms with Crippen molar-refractivity contribution in [3.05, 3.63) is 12.7 Å². The van der Waals surface area contributed by atoms with E-state index in [4.69, 9.17) is 0 Å². The number of rotatable bonds is 10. The van der Waals surface area contributed by atoms with Crippen molar-refractivity contribution in [3.8, 4) is 0 Å². The summed E-state index contributed by atoms with van der Waals surface area (Å²) >= 11 is -2.29. The first kappa shape index (κ1) is 16.0. The average Bonchev–Trinajstić information content (AvgIpc) is 2.93. The molecule has 0 saturated carbocycles. The van der Waals surface area contributed by atoms with Gasteiger partial charge in [-0.25, -0.2) is 0 Å². The van der Waals surface area contributed by atoms with Gasteiger partial charge < -0.3 is 0 Å². The molecule has 0 aliphatic carbocycles. The molecule has 0 amide bonds. The first-order chi connectivity index (χ1) is 8.79. The van der Waals surface area contributed by atoms with Crippen molar-refractivity contribution in [2.75, 3.05) is 0 Å². The fourth-order valence-corrected chi connectivity index (χ4v) is 17.2. The van der Waals surface area contributed by atoms with E-state index in [9.17, 15) is 0 Å². The summed E-state index contributed by atoms with van der Waals surface area (Å²) in [7, 11) is 0. The van der Waals surface area contributed by atoms with Crippen LogP contribution in [0.4, 0.5) is 0 Å². The van der Waals surface area contributed by atoms with Crippen molar-refractivity contribution >= 4 is 18.7 Å². The Hall–Kier alpha value is -0.0613. The van der Waals surface area contributed by atoms with Gasteiger partial charge in [0.25, 0.3) is 0 Å². The van der Waals surface area contributed by atoms with Gasteiger partial charge in [-0.1, -0.05) is 0 Å². The van der Waals surface area contributed by atoms with Crippen LogP contribution in [-0.2, 0) is 0 Å². The van der Waals surface area contributed by atoms with Crippen LogP contribution in [0.2, 0.25) is 13.3 Å². The molecule has 0 saturated heterocycles. The van der Waals surface area contributed by atoms with Gasteiger partial charge in [0.15, 0.2) is 0 Å². The predicted molar refractivity (Wildman–Crippen MR) is 80.3 cm³/mol. The Balaban J connectivity index is 2.84. The van der Waals surface area contributed by atoms with Crippen LogP contribution in [0.3, 0.4) is 0 Å². The van der Waals surface area contributed by atoms with Crippen LogP contribution in [0.15, 0.2) is 12.7 Å². The molecular weight excluding hydrogens is 329 g/mol. The van der Waals surface area contributed by atoms with Crippen molar-refractivity contribution in [2.45, 2.75) is 72.6 Å². The summed E-state index contributed by atoms with van der Waals surface area (Å²) < 4.78 is 6.72. The van der Waals surface area contributed by atoms with Gasteiger partial charge in [-0.3, -0.25) is 0 Å². The summed E-state index contributed by atoms with van der Waals surface area (Å²) in [6, 6.07) is 0. The minimum atomic E-state index is -2.29. The zero-order chi connectivity index (χ0) is 13.3. The summed E-state index contributed by atoms with van der Waals surface area (Å²) in [5.74, 6) is 0. The van der Waals surface area contributed by atoms with E-state index in [0.29, 0.717) is 0 Å². The van der Waals surface area contributed by atoms with E-state index >= 15 is 0 Å². The van der Waals surface area contributed by atoms with E-state index in [1.165, 1.54) is 51.8 Å². The molecule has 0 aliphatic heterocycles. The summed E-state index contributed by atoms with van der Waals surface area (Å²) in [5.41, 5.74) is 0. The second-order valence-electron chi connectivity index (χ2n) is 5.38. The Labute approximate surface area is 117 Å². The maximum absolute atomic E-state index is 4.55. The molecule has 0 unspecified atom stereocenters. The molecule has 18 heavy (non-hydrogen) atoms. The molecule has 0 radical (unpaired) electrons. The van der Waals surface area contributed by atoms with Gasteiger partial charge in [0.05, 0.1) is 0 Å². The van der Waals surface area contributed by atoms with Gasteiger partial charge >= 0.3 is 117 Å². The normalized spacial score (nSPS) is 11.9. The molecule has 0 atom stereocenters. The summed E-state index contributed by atoms with van der Waals surface area (Å²) in [6.45, 7) is 6.91. The third-order valence-electron chi connectivity index (χ3n) is 3.89. The van der Waals surface area contributed by atoms with Crippen LogP contribution in [0.25, 0.3) is 0 Å². The summed E-state index contributed by atoms with van der Waals surface area (Å²) in [6.07, 6.45) is 11.8. The predicted octanol–water partition coefficient (Wildman–Crippen LogP) is 4.47. The molecule has 0 fully saturated rings. The zero-order valence-electron chi connectivity index (χ0n) is 12.4. The molecule has 0 bridgehead atoms. The molecule has 4 heteroatoms. The van der Waals surface area contributed by atoms with Crippen LogP contribution in [-0.4, -0.2) is 31.6 Å². The number of hydrogen-bond acceptors (Lipinski definition) is 2. The van der Waals surface area contributed by atoms with Gasteiger partial charge in [0.1, 0.15) is 0 Å². The molecule has 0 spiro atoms. The molecule has 0 aliphatic rings. The number of hydrogen-bond donors (Lipinski definition) is 0. The first-order valence-corrected chi connectivity index (χ1v) is 15.0. The Morgan fingerprint density at radius 3 is 1.72 bits per heavy atom.